The molecule has 0 spiro atoms. The molecule has 2 rings (SSSR count). The molecule has 1 aromatic carbocycles. The van der Waals surface area contributed by atoms with Gasteiger partial charge in [-0.15, -0.1) is 0 Å². The number of rotatable bonds is 5. The molecule has 0 saturated carbocycles. The maximum absolute atomic E-state index is 11.9. The first-order valence-electron chi connectivity index (χ1n) is 6.61. The first-order valence-corrected chi connectivity index (χ1v) is 8.42. The lowest BCUT2D eigenvalue weighted by molar-refractivity contribution is -0.384. The lowest BCUT2D eigenvalue weighted by Gasteiger charge is -2.07. The minimum absolute atomic E-state index is 0.0551. The number of nitro benzene ring substituents is 1. The molecule has 6 nitrogen and oxygen atoms in total. The molecule has 0 saturated heterocycles. The Morgan fingerprint density at radius 2 is 2.23 bits per heavy atom. The average molecular weight is 338 g/mol. The third-order valence-electron chi connectivity index (χ3n) is 2.66. The largest absolute Gasteiger partial charge is 0.493 e. The first kappa shape index (κ1) is 16.6. The third-order valence-corrected chi connectivity index (χ3v) is 4.56. The summed E-state index contributed by atoms with van der Waals surface area (Å²) >= 11 is 2.57. The summed E-state index contributed by atoms with van der Waals surface area (Å²) in [6, 6.07) is 4.29. The summed E-state index contributed by atoms with van der Waals surface area (Å²) in [5.74, 6) is 1.32. The summed E-state index contributed by atoms with van der Waals surface area (Å²) in [5.41, 5.74) is 0.703. The predicted molar refractivity (Wildman–Crippen MR) is 90.4 cm³/mol. The van der Waals surface area contributed by atoms with Gasteiger partial charge in [-0.1, -0.05) is 18.7 Å². The monoisotopic (exact) mass is 338 g/mol. The second kappa shape index (κ2) is 7.46. The van der Waals surface area contributed by atoms with Crippen LogP contribution < -0.4 is 4.74 Å². The Labute approximate surface area is 136 Å². The number of nitro groups is 1. The lowest BCUT2D eigenvalue weighted by atomic mass is 10.1. The van der Waals surface area contributed by atoms with Crippen LogP contribution in [-0.2, 0) is 4.79 Å². The van der Waals surface area contributed by atoms with Gasteiger partial charge in [0.05, 0.1) is 11.5 Å². The molecule has 0 amide bonds. The van der Waals surface area contributed by atoms with Crippen molar-refractivity contribution >= 4 is 44.8 Å². The highest BCUT2D eigenvalue weighted by atomic mass is 32.2. The molecule has 1 aromatic rings. The Morgan fingerprint density at radius 3 is 2.86 bits per heavy atom. The van der Waals surface area contributed by atoms with Gasteiger partial charge in [0.2, 0.25) is 5.12 Å². The standard InChI is InChI=1S/C14H14N2O4S2/c1-3-20-12-6-5-10(16(18)19)7-9(12)8-11-13(17)22-14(15-11)21-4-2/h5-8H,3-4H2,1-2H3/b11-8+. The van der Waals surface area contributed by atoms with Gasteiger partial charge < -0.3 is 4.74 Å². The molecule has 1 aliphatic heterocycles. The molecular formula is C14H14N2O4S2. The molecule has 8 heteroatoms. The fourth-order valence-corrected chi connectivity index (χ4v) is 3.51. The molecule has 0 aliphatic carbocycles. The fourth-order valence-electron chi connectivity index (χ4n) is 1.77. The van der Waals surface area contributed by atoms with Crippen LogP contribution in [0.2, 0.25) is 0 Å². The highest BCUT2D eigenvalue weighted by Gasteiger charge is 2.23. The van der Waals surface area contributed by atoms with Gasteiger partial charge >= 0.3 is 0 Å². The number of carbonyl (C=O) groups excluding carboxylic acids is 1. The molecular weight excluding hydrogens is 324 g/mol. The number of non-ortho nitro benzene ring substituents is 1. The fraction of sp³-hybridized carbons (Fsp3) is 0.286. The zero-order chi connectivity index (χ0) is 16.1. The summed E-state index contributed by atoms with van der Waals surface area (Å²) in [4.78, 5) is 26.6. The minimum Gasteiger partial charge on any atom is -0.493 e. The van der Waals surface area contributed by atoms with Crippen LogP contribution in [0, 0.1) is 10.1 Å². The summed E-state index contributed by atoms with van der Waals surface area (Å²) in [5, 5.41) is 10.7. The van der Waals surface area contributed by atoms with Crippen molar-refractivity contribution in [1.82, 2.24) is 0 Å². The van der Waals surface area contributed by atoms with Crippen molar-refractivity contribution in [3.8, 4) is 5.75 Å². The third kappa shape index (κ3) is 3.89. The molecule has 0 bridgehead atoms. The van der Waals surface area contributed by atoms with E-state index in [-0.39, 0.29) is 16.5 Å². The Bertz CT molecular complexity index is 671. The van der Waals surface area contributed by atoms with Crippen molar-refractivity contribution in [2.45, 2.75) is 13.8 Å². The molecule has 0 radical (unpaired) electrons. The first-order chi connectivity index (χ1) is 10.5. The Hall–Kier alpha value is -1.80. The molecule has 116 valence electrons. The Balaban J connectivity index is 2.41. The quantitative estimate of drug-likeness (QED) is 0.462. The molecule has 0 N–H and O–H groups in total. The Kier molecular flexibility index (Phi) is 5.62. The summed E-state index contributed by atoms with van der Waals surface area (Å²) in [6.07, 6.45) is 1.54. The maximum atomic E-state index is 11.9. The van der Waals surface area contributed by atoms with Gasteiger partial charge in [0.15, 0.2) is 0 Å². The highest BCUT2D eigenvalue weighted by Crippen LogP contribution is 2.33. The number of benzene rings is 1. The van der Waals surface area contributed by atoms with Crippen LogP contribution in [0.1, 0.15) is 19.4 Å². The summed E-state index contributed by atoms with van der Waals surface area (Å²) in [6.45, 7) is 4.23. The van der Waals surface area contributed by atoms with Crippen molar-refractivity contribution < 1.29 is 14.5 Å². The molecule has 0 fully saturated rings. The summed E-state index contributed by atoms with van der Waals surface area (Å²) in [7, 11) is 0. The van der Waals surface area contributed by atoms with E-state index in [0.29, 0.717) is 22.3 Å². The van der Waals surface area contributed by atoms with Crippen LogP contribution in [0.25, 0.3) is 6.08 Å². The number of hydrogen-bond donors (Lipinski definition) is 0. The van der Waals surface area contributed by atoms with Crippen LogP contribution >= 0.6 is 23.5 Å². The zero-order valence-electron chi connectivity index (χ0n) is 12.1. The summed E-state index contributed by atoms with van der Waals surface area (Å²) < 4.78 is 6.15. The van der Waals surface area contributed by atoms with E-state index < -0.39 is 4.92 Å². The Morgan fingerprint density at radius 1 is 1.45 bits per heavy atom. The second-order valence-electron chi connectivity index (χ2n) is 4.14. The molecule has 1 aliphatic rings. The molecule has 1 heterocycles. The van der Waals surface area contributed by atoms with E-state index in [1.807, 2.05) is 13.8 Å². The number of thioether (sulfide) groups is 2. The topological polar surface area (TPSA) is 81.8 Å². The van der Waals surface area contributed by atoms with E-state index in [1.54, 1.807) is 0 Å². The van der Waals surface area contributed by atoms with E-state index in [9.17, 15) is 14.9 Å². The lowest BCUT2D eigenvalue weighted by Crippen LogP contribution is -1.97. The highest BCUT2D eigenvalue weighted by molar-refractivity contribution is 8.45. The van der Waals surface area contributed by atoms with Gasteiger partial charge in [-0.2, -0.15) is 0 Å². The van der Waals surface area contributed by atoms with Gasteiger partial charge in [-0.3, -0.25) is 14.9 Å². The van der Waals surface area contributed by atoms with Crippen molar-refractivity contribution in [2.24, 2.45) is 4.99 Å². The van der Waals surface area contributed by atoms with Crippen LogP contribution in [0.15, 0.2) is 28.9 Å². The number of hydrogen-bond acceptors (Lipinski definition) is 7. The van der Waals surface area contributed by atoms with E-state index in [2.05, 4.69) is 4.99 Å². The van der Waals surface area contributed by atoms with Crippen molar-refractivity contribution in [3.05, 3.63) is 39.6 Å². The van der Waals surface area contributed by atoms with Gasteiger partial charge in [0.25, 0.3) is 5.69 Å². The van der Waals surface area contributed by atoms with E-state index in [0.717, 1.165) is 17.5 Å². The van der Waals surface area contributed by atoms with Gasteiger partial charge in [0.1, 0.15) is 15.8 Å². The van der Waals surface area contributed by atoms with Crippen LogP contribution in [0.4, 0.5) is 5.69 Å². The number of carbonyl (C=O) groups is 1. The molecule has 0 atom stereocenters. The van der Waals surface area contributed by atoms with E-state index in [4.69, 9.17) is 4.74 Å². The van der Waals surface area contributed by atoms with Crippen LogP contribution in [-0.4, -0.2) is 26.8 Å². The van der Waals surface area contributed by atoms with Gasteiger partial charge in [0, 0.05) is 17.7 Å². The molecule has 0 unspecified atom stereocenters. The van der Waals surface area contributed by atoms with E-state index >= 15 is 0 Å². The van der Waals surface area contributed by atoms with Gasteiger partial charge in [-0.05, 0) is 36.6 Å². The predicted octanol–water partition coefficient (Wildman–Crippen LogP) is 3.72. The second-order valence-corrected chi connectivity index (χ2v) is 6.61. The number of aliphatic imine (C=N–C) groups is 1. The average Bonchev–Trinajstić information content (AvgIpc) is 2.81. The van der Waals surface area contributed by atoms with E-state index in [1.165, 1.54) is 36.0 Å². The zero-order valence-corrected chi connectivity index (χ0v) is 13.7. The smallest absolute Gasteiger partial charge is 0.270 e. The van der Waals surface area contributed by atoms with Crippen molar-refractivity contribution in [3.63, 3.8) is 0 Å². The molecule has 22 heavy (non-hydrogen) atoms. The SMILES string of the molecule is CCOc1ccc([N+](=O)[O-])cc1/C=C1/N=C(SCC)SC1=O. The number of nitrogens with zero attached hydrogens (tertiary/aromatic N) is 2. The minimum atomic E-state index is -0.482. The van der Waals surface area contributed by atoms with Crippen molar-refractivity contribution in [1.29, 1.82) is 0 Å². The van der Waals surface area contributed by atoms with Crippen LogP contribution in [0.3, 0.4) is 0 Å². The normalized spacial score (nSPS) is 16.0. The number of ether oxygens (including phenoxy) is 1. The molecule has 0 aromatic heterocycles. The van der Waals surface area contributed by atoms with Crippen molar-refractivity contribution in [2.75, 3.05) is 12.4 Å². The maximum Gasteiger partial charge on any atom is 0.270 e. The van der Waals surface area contributed by atoms with Crippen LogP contribution in [0.5, 0.6) is 5.75 Å². The van der Waals surface area contributed by atoms with Gasteiger partial charge in [-0.25, -0.2) is 4.99 Å².